The molecule has 3 rings (SSSR count). The first-order chi connectivity index (χ1) is 16.1. The van der Waals surface area contributed by atoms with Gasteiger partial charge in [-0.1, -0.05) is 48.5 Å². The Bertz CT molecular complexity index is 1330. The second kappa shape index (κ2) is 10.7. The summed E-state index contributed by atoms with van der Waals surface area (Å²) < 4.78 is 35.4. The van der Waals surface area contributed by atoms with Crippen LogP contribution in [-0.4, -0.2) is 24.9 Å². The number of nitrogens with one attached hydrogen (secondary N) is 2. The Balaban J connectivity index is 1.95. The zero-order valence-electron chi connectivity index (χ0n) is 19.7. The molecule has 180 valence electrons. The minimum atomic E-state index is -3.82. The van der Waals surface area contributed by atoms with Crippen molar-refractivity contribution in [3.05, 3.63) is 93.4 Å². The zero-order valence-corrected chi connectivity index (χ0v) is 20.5. The summed E-state index contributed by atoms with van der Waals surface area (Å²) in [6.45, 7) is 5.25. The molecule has 8 nitrogen and oxygen atoms in total. The molecule has 0 saturated carbocycles. The topological polar surface area (TPSA) is 106 Å². The van der Waals surface area contributed by atoms with Crippen molar-refractivity contribution in [2.45, 2.75) is 44.9 Å². The van der Waals surface area contributed by atoms with Gasteiger partial charge in [0.15, 0.2) is 11.4 Å². The van der Waals surface area contributed by atoms with Gasteiger partial charge in [0.25, 0.3) is 5.91 Å². The predicted octanol–water partition coefficient (Wildman–Crippen LogP) is 2.89. The summed E-state index contributed by atoms with van der Waals surface area (Å²) >= 11 is 0. The van der Waals surface area contributed by atoms with Crippen molar-refractivity contribution in [2.75, 3.05) is 0 Å². The number of aromatic nitrogens is 1. The average Bonchev–Trinajstić information content (AvgIpc) is 2.78. The molecule has 34 heavy (non-hydrogen) atoms. The van der Waals surface area contributed by atoms with Gasteiger partial charge in [0.05, 0.1) is 11.4 Å². The molecular weight excluding hydrogens is 454 g/mol. The Morgan fingerprint density at radius 2 is 1.71 bits per heavy atom. The first-order valence-electron chi connectivity index (χ1n) is 10.9. The maximum absolute atomic E-state index is 13.0. The lowest BCUT2D eigenvalue weighted by Crippen LogP contribution is -2.35. The Morgan fingerprint density at radius 3 is 2.35 bits per heavy atom. The van der Waals surface area contributed by atoms with Crippen LogP contribution >= 0.6 is 0 Å². The number of pyridine rings is 1. The molecule has 1 heterocycles. The summed E-state index contributed by atoms with van der Waals surface area (Å²) in [5.74, 6) is -0.573. The van der Waals surface area contributed by atoms with E-state index >= 15 is 0 Å². The fraction of sp³-hybridized carbons (Fsp3) is 0.280. The molecule has 3 aromatic rings. The maximum atomic E-state index is 13.0. The third kappa shape index (κ3) is 5.92. The molecule has 2 N–H and O–H groups in total. The number of benzene rings is 2. The minimum absolute atomic E-state index is 0.0298. The van der Waals surface area contributed by atoms with E-state index < -0.39 is 21.4 Å². The van der Waals surface area contributed by atoms with Crippen molar-refractivity contribution in [1.82, 2.24) is 14.6 Å². The molecular formula is C25H29N3O5S. The normalized spacial score (nSPS) is 11.4. The van der Waals surface area contributed by atoms with Crippen LogP contribution < -0.4 is 20.2 Å². The largest absolute Gasteiger partial charge is 0.483 e. The third-order valence-corrected chi connectivity index (χ3v) is 6.75. The SMILES string of the molecule is Cc1ccccc1S(=O)(=O)NCc1cc(=O)c(OCc2ccccc2)c(C(=O)NC(C)C)n1C. The maximum Gasteiger partial charge on any atom is 0.272 e. The van der Waals surface area contributed by atoms with E-state index in [0.29, 0.717) is 11.3 Å². The van der Waals surface area contributed by atoms with Crippen LogP contribution in [-0.2, 0) is 30.2 Å². The standard InChI is InChI=1S/C25H29N3O5S/c1-17(2)27-25(30)23-24(33-16-19-11-6-5-7-12-19)21(29)14-20(28(23)4)15-26-34(31,32)22-13-9-8-10-18(22)3/h5-14,17,26H,15-16H2,1-4H3,(H,27,30). The van der Waals surface area contributed by atoms with Gasteiger partial charge < -0.3 is 14.6 Å². The molecule has 0 aliphatic heterocycles. The van der Waals surface area contributed by atoms with Crippen LogP contribution in [0.5, 0.6) is 5.75 Å². The smallest absolute Gasteiger partial charge is 0.272 e. The van der Waals surface area contributed by atoms with Gasteiger partial charge in [0.2, 0.25) is 15.5 Å². The number of carbonyl (C=O) groups excluding carboxylic acids is 1. The van der Waals surface area contributed by atoms with Crippen molar-refractivity contribution >= 4 is 15.9 Å². The summed E-state index contributed by atoms with van der Waals surface area (Å²) in [5.41, 5.74) is 1.29. The summed E-state index contributed by atoms with van der Waals surface area (Å²) in [5, 5.41) is 2.78. The summed E-state index contributed by atoms with van der Waals surface area (Å²) in [7, 11) is -2.23. The van der Waals surface area contributed by atoms with Gasteiger partial charge >= 0.3 is 0 Å². The summed E-state index contributed by atoms with van der Waals surface area (Å²) in [6, 6.07) is 17.0. The van der Waals surface area contributed by atoms with Crippen molar-refractivity contribution in [2.24, 2.45) is 7.05 Å². The van der Waals surface area contributed by atoms with Crippen molar-refractivity contribution in [3.8, 4) is 5.75 Å². The van der Waals surface area contributed by atoms with E-state index in [2.05, 4.69) is 10.0 Å². The van der Waals surface area contributed by atoms with Crippen molar-refractivity contribution in [1.29, 1.82) is 0 Å². The number of ether oxygens (including phenoxy) is 1. The predicted molar refractivity (Wildman–Crippen MR) is 130 cm³/mol. The number of nitrogens with zero attached hydrogens (tertiary/aromatic N) is 1. The van der Waals surface area contributed by atoms with Gasteiger partial charge in [-0.3, -0.25) is 9.59 Å². The lowest BCUT2D eigenvalue weighted by molar-refractivity contribution is 0.0927. The molecule has 0 aliphatic carbocycles. The van der Waals surface area contributed by atoms with Crippen LogP contribution in [0.2, 0.25) is 0 Å². The van der Waals surface area contributed by atoms with Gasteiger partial charge in [-0.05, 0) is 38.0 Å². The van der Waals surface area contributed by atoms with E-state index in [1.54, 1.807) is 46.0 Å². The Hall–Kier alpha value is -3.43. The zero-order chi connectivity index (χ0) is 24.9. The quantitative estimate of drug-likeness (QED) is 0.487. The number of hydrogen-bond donors (Lipinski definition) is 2. The van der Waals surface area contributed by atoms with Gasteiger partial charge in [0, 0.05) is 24.8 Å². The fourth-order valence-electron chi connectivity index (χ4n) is 3.46. The van der Waals surface area contributed by atoms with E-state index in [4.69, 9.17) is 4.74 Å². The van der Waals surface area contributed by atoms with Crippen LogP contribution in [0.3, 0.4) is 0 Å². The molecule has 0 saturated heterocycles. The van der Waals surface area contributed by atoms with E-state index in [0.717, 1.165) is 5.56 Å². The number of hydrogen-bond acceptors (Lipinski definition) is 5. The molecule has 1 aromatic heterocycles. The van der Waals surface area contributed by atoms with Crippen LogP contribution in [0.15, 0.2) is 70.4 Å². The monoisotopic (exact) mass is 483 g/mol. The minimum Gasteiger partial charge on any atom is -0.483 e. The number of carbonyl (C=O) groups is 1. The second-order valence-corrected chi connectivity index (χ2v) is 9.96. The molecule has 9 heteroatoms. The van der Waals surface area contributed by atoms with Gasteiger partial charge in [-0.25, -0.2) is 13.1 Å². The highest BCUT2D eigenvalue weighted by atomic mass is 32.2. The Labute approximate surface area is 199 Å². The fourth-order valence-corrected chi connectivity index (χ4v) is 4.70. The van der Waals surface area contributed by atoms with E-state index in [9.17, 15) is 18.0 Å². The Kier molecular flexibility index (Phi) is 7.90. The lowest BCUT2D eigenvalue weighted by Gasteiger charge is -2.19. The van der Waals surface area contributed by atoms with Gasteiger partial charge in [-0.15, -0.1) is 0 Å². The highest BCUT2D eigenvalue weighted by Crippen LogP contribution is 2.19. The molecule has 0 fully saturated rings. The van der Waals surface area contributed by atoms with Crippen LogP contribution in [0.4, 0.5) is 0 Å². The van der Waals surface area contributed by atoms with Crippen molar-refractivity contribution < 1.29 is 17.9 Å². The molecule has 0 unspecified atom stereocenters. The molecule has 0 aliphatic rings. The molecule has 0 atom stereocenters. The third-order valence-electron chi connectivity index (χ3n) is 5.19. The van der Waals surface area contributed by atoms with Crippen LogP contribution in [0.1, 0.15) is 41.2 Å². The van der Waals surface area contributed by atoms with E-state index in [1.165, 1.54) is 16.7 Å². The first-order valence-corrected chi connectivity index (χ1v) is 12.3. The number of aryl methyl sites for hydroxylation is 1. The Morgan fingerprint density at radius 1 is 1.06 bits per heavy atom. The second-order valence-electron chi connectivity index (χ2n) is 8.23. The van der Waals surface area contributed by atoms with E-state index in [1.807, 2.05) is 30.3 Å². The molecule has 0 bridgehead atoms. The van der Waals surface area contributed by atoms with Crippen LogP contribution in [0.25, 0.3) is 0 Å². The molecule has 1 amide bonds. The molecule has 2 aromatic carbocycles. The summed E-state index contributed by atoms with van der Waals surface area (Å²) in [6.07, 6.45) is 0. The van der Waals surface area contributed by atoms with Crippen molar-refractivity contribution in [3.63, 3.8) is 0 Å². The molecule has 0 spiro atoms. The number of amides is 1. The number of sulfonamides is 1. The van der Waals surface area contributed by atoms with Crippen LogP contribution in [0, 0.1) is 6.92 Å². The van der Waals surface area contributed by atoms with E-state index in [-0.39, 0.29) is 35.5 Å². The number of rotatable bonds is 9. The summed E-state index contributed by atoms with van der Waals surface area (Å²) in [4.78, 5) is 26.1. The average molecular weight is 484 g/mol. The lowest BCUT2D eigenvalue weighted by atomic mass is 10.2. The van der Waals surface area contributed by atoms with Gasteiger partial charge in [-0.2, -0.15) is 0 Å². The highest BCUT2D eigenvalue weighted by molar-refractivity contribution is 7.89. The van der Waals surface area contributed by atoms with Gasteiger partial charge in [0.1, 0.15) is 6.61 Å². The highest BCUT2D eigenvalue weighted by Gasteiger charge is 2.23. The first kappa shape index (κ1) is 25.2. The molecule has 0 radical (unpaired) electrons.